The first-order valence-electron chi connectivity index (χ1n) is 9.23. The Hall–Kier alpha value is -3.09. The first-order chi connectivity index (χ1) is 13.2. The smallest absolute Gasteiger partial charge is 0.254 e. The van der Waals surface area contributed by atoms with E-state index in [2.05, 4.69) is 43.2 Å². The van der Waals surface area contributed by atoms with Crippen LogP contribution in [-0.4, -0.2) is 36.7 Å². The Morgan fingerprint density at radius 2 is 1.89 bits per heavy atom. The Balaban J connectivity index is 1.33. The van der Waals surface area contributed by atoms with Crippen LogP contribution in [0.5, 0.6) is 0 Å². The molecular formula is C20H22N6O. The maximum absolute atomic E-state index is 12.5. The first kappa shape index (κ1) is 17.3. The van der Waals surface area contributed by atoms with Crippen molar-refractivity contribution < 1.29 is 4.79 Å². The zero-order valence-corrected chi connectivity index (χ0v) is 15.2. The van der Waals surface area contributed by atoms with Crippen LogP contribution in [0.2, 0.25) is 0 Å². The van der Waals surface area contributed by atoms with Crippen LogP contribution in [0.1, 0.15) is 47.6 Å². The molecule has 0 aliphatic heterocycles. The molecule has 27 heavy (non-hydrogen) atoms. The molecule has 3 aromatic rings. The minimum Gasteiger partial charge on any atom is -0.349 e. The van der Waals surface area contributed by atoms with Gasteiger partial charge in [-0.1, -0.05) is 0 Å². The number of pyridine rings is 1. The normalized spacial score (nSPS) is 19.6. The molecule has 0 aromatic carbocycles. The van der Waals surface area contributed by atoms with Crippen molar-refractivity contribution >= 4 is 5.91 Å². The van der Waals surface area contributed by atoms with E-state index in [1.165, 1.54) is 5.56 Å². The minimum atomic E-state index is -0.119. The topological polar surface area (TPSA) is 85.6 Å². The highest BCUT2D eigenvalue weighted by molar-refractivity contribution is 5.93. The predicted molar refractivity (Wildman–Crippen MR) is 101 cm³/mol. The molecule has 0 bridgehead atoms. The van der Waals surface area contributed by atoms with Crippen molar-refractivity contribution in [2.45, 2.75) is 44.7 Å². The van der Waals surface area contributed by atoms with Crippen LogP contribution >= 0.6 is 0 Å². The van der Waals surface area contributed by atoms with Gasteiger partial charge in [0.2, 0.25) is 0 Å². The van der Waals surface area contributed by atoms with E-state index in [1.807, 2.05) is 18.3 Å². The molecule has 1 amide bonds. The van der Waals surface area contributed by atoms with Gasteiger partial charge in [-0.2, -0.15) is 5.10 Å². The molecule has 1 saturated carbocycles. The Morgan fingerprint density at radius 1 is 1.11 bits per heavy atom. The maximum atomic E-state index is 12.5. The third kappa shape index (κ3) is 4.02. The molecule has 1 fully saturated rings. The Labute approximate surface area is 157 Å². The molecule has 7 heteroatoms. The van der Waals surface area contributed by atoms with E-state index < -0.39 is 0 Å². The highest BCUT2D eigenvalue weighted by Gasteiger charge is 2.24. The molecule has 0 spiro atoms. The van der Waals surface area contributed by atoms with Gasteiger partial charge in [0.05, 0.1) is 17.8 Å². The third-order valence-electron chi connectivity index (χ3n) is 4.97. The van der Waals surface area contributed by atoms with E-state index in [0.717, 1.165) is 31.2 Å². The fourth-order valence-corrected chi connectivity index (χ4v) is 3.48. The van der Waals surface area contributed by atoms with Crippen molar-refractivity contribution in [3.63, 3.8) is 0 Å². The van der Waals surface area contributed by atoms with E-state index in [-0.39, 0.29) is 11.9 Å². The van der Waals surface area contributed by atoms with E-state index in [4.69, 9.17) is 0 Å². The highest BCUT2D eigenvalue weighted by atomic mass is 16.1. The second-order valence-electron chi connectivity index (χ2n) is 7.01. The summed E-state index contributed by atoms with van der Waals surface area (Å²) in [5.41, 5.74) is 2.49. The van der Waals surface area contributed by atoms with Gasteiger partial charge in [0.25, 0.3) is 5.91 Å². The summed E-state index contributed by atoms with van der Waals surface area (Å²) < 4.78 is 2.05. The summed E-state index contributed by atoms with van der Waals surface area (Å²) in [5, 5.41) is 7.53. The van der Waals surface area contributed by atoms with Crippen LogP contribution in [0.4, 0.5) is 0 Å². The van der Waals surface area contributed by atoms with Crippen LogP contribution in [0, 0.1) is 6.92 Å². The highest BCUT2D eigenvalue weighted by Crippen LogP contribution is 2.28. The van der Waals surface area contributed by atoms with Gasteiger partial charge in [0.1, 0.15) is 0 Å². The largest absolute Gasteiger partial charge is 0.349 e. The number of hydrogen-bond acceptors (Lipinski definition) is 5. The summed E-state index contributed by atoms with van der Waals surface area (Å²) in [7, 11) is 0. The number of nitrogens with zero attached hydrogens (tertiary/aromatic N) is 5. The average molecular weight is 362 g/mol. The van der Waals surface area contributed by atoms with Gasteiger partial charge in [-0.25, -0.2) is 9.97 Å². The summed E-state index contributed by atoms with van der Waals surface area (Å²) >= 11 is 0. The molecule has 1 aliphatic carbocycles. The number of amides is 1. The van der Waals surface area contributed by atoms with Crippen molar-refractivity contribution in [3.8, 4) is 11.4 Å². The van der Waals surface area contributed by atoms with Crippen molar-refractivity contribution in [1.29, 1.82) is 0 Å². The fraction of sp³-hybridized carbons (Fsp3) is 0.350. The van der Waals surface area contributed by atoms with Gasteiger partial charge in [-0.3, -0.25) is 14.5 Å². The maximum Gasteiger partial charge on any atom is 0.254 e. The molecule has 0 radical (unpaired) electrons. The standard InChI is InChI=1S/C20H22N6O/c1-14-9-24-26(13-14)18-6-4-17(5-7-18)25-20(27)16-11-22-19(23-12-16)15-3-2-8-21-10-15/h2-3,8-13,17-18H,4-7H2,1H3,(H,25,27). The van der Waals surface area contributed by atoms with E-state index in [1.54, 1.807) is 24.8 Å². The van der Waals surface area contributed by atoms with Crippen molar-refractivity contribution in [2.24, 2.45) is 0 Å². The van der Waals surface area contributed by atoms with Gasteiger partial charge in [0, 0.05) is 42.6 Å². The number of rotatable bonds is 4. The molecule has 0 unspecified atom stereocenters. The summed E-state index contributed by atoms with van der Waals surface area (Å²) in [6, 6.07) is 4.33. The zero-order chi connectivity index (χ0) is 18.6. The predicted octanol–water partition coefficient (Wildman–Crippen LogP) is 2.96. The van der Waals surface area contributed by atoms with Gasteiger partial charge < -0.3 is 5.32 Å². The Morgan fingerprint density at radius 3 is 2.52 bits per heavy atom. The van der Waals surface area contributed by atoms with Crippen LogP contribution in [-0.2, 0) is 0 Å². The van der Waals surface area contributed by atoms with E-state index in [0.29, 0.717) is 17.4 Å². The number of hydrogen-bond donors (Lipinski definition) is 1. The Bertz CT molecular complexity index is 898. The lowest BCUT2D eigenvalue weighted by Gasteiger charge is -2.29. The van der Waals surface area contributed by atoms with Crippen LogP contribution in [0.3, 0.4) is 0 Å². The quantitative estimate of drug-likeness (QED) is 0.771. The molecule has 7 nitrogen and oxygen atoms in total. The summed E-state index contributed by atoms with van der Waals surface area (Å²) in [5.74, 6) is 0.445. The minimum absolute atomic E-state index is 0.119. The molecule has 4 rings (SSSR count). The lowest BCUT2D eigenvalue weighted by atomic mass is 9.91. The number of carbonyl (C=O) groups is 1. The summed E-state index contributed by atoms with van der Waals surface area (Å²) in [6.07, 6.45) is 14.5. The Kier molecular flexibility index (Phi) is 4.91. The first-order valence-corrected chi connectivity index (χ1v) is 9.23. The molecule has 3 heterocycles. The number of aromatic nitrogens is 5. The average Bonchev–Trinajstić information content (AvgIpc) is 3.16. The van der Waals surface area contributed by atoms with Crippen LogP contribution in [0.25, 0.3) is 11.4 Å². The van der Waals surface area contributed by atoms with Crippen molar-refractivity contribution in [3.05, 3.63) is 60.4 Å². The molecule has 1 N–H and O–H groups in total. The van der Waals surface area contributed by atoms with Crippen molar-refractivity contribution in [2.75, 3.05) is 0 Å². The fourth-order valence-electron chi connectivity index (χ4n) is 3.48. The van der Waals surface area contributed by atoms with E-state index >= 15 is 0 Å². The monoisotopic (exact) mass is 362 g/mol. The second kappa shape index (κ2) is 7.65. The SMILES string of the molecule is Cc1cnn(C2CCC(NC(=O)c3cnc(-c4cccnc4)nc3)CC2)c1. The molecule has 138 valence electrons. The lowest BCUT2D eigenvalue weighted by molar-refractivity contribution is 0.0921. The van der Waals surface area contributed by atoms with Gasteiger partial charge in [0.15, 0.2) is 5.82 Å². The third-order valence-corrected chi connectivity index (χ3v) is 4.97. The van der Waals surface area contributed by atoms with E-state index in [9.17, 15) is 4.79 Å². The van der Waals surface area contributed by atoms with Crippen LogP contribution < -0.4 is 5.32 Å². The van der Waals surface area contributed by atoms with Gasteiger partial charge in [-0.15, -0.1) is 0 Å². The number of aryl methyl sites for hydroxylation is 1. The summed E-state index contributed by atoms with van der Waals surface area (Å²) in [6.45, 7) is 2.05. The number of nitrogens with one attached hydrogen (secondary N) is 1. The molecule has 0 atom stereocenters. The molecular weight excluding hydrogens is 340 g/mol. The van der Waals surface area contributed by atoms with Gasteiger partial charge >= 0.3 is 0 Å². The van der Waals surface area contributed by atoms with Crippen molar-refractivity contribution in [1.82, 2.24) is 30.0 Å². The van der Waals surface area contributed by atoms with Crippen LogP contribution in [0.15, 0.2) is 49.3 Å². The second-order valence-corrected chi connectivity index (χ2v) is 7.01. The molecule has 3 aromatic heterocycles. The van der Waals surface area contributed by atoms with Gasteiger partial charge in [-0.05, 0) is 50.3 Å². The zero-order valence-electron chi connectivity index (χ0n) is 15.2. The molecule has 1 aliphatic rings. The molecule has 0 saturated heterocycles. The lowest BCUT2D eigenvalue weighted by Crippen LogP contribution is -2.38. The summed E-state index contributed by atoms with van der Waals surface area (Å²) in [4.78, 5) is 25.1. The number of carbonyl (C=O) groups excluding carboxylic acids is 1.